The Morgan fingerprint density at radius 2 is 1.87 bits per heavy atom. The highest BCUT2D eigenvalue weighted by Crippen LogP contribution is 2.33. The van der Waals surface area contributed by atoms with Crippen molar-refractivity contribution < 1.29 is 18.7 Å². The maximum atomic E-state index is 14.0. The number of likely N-dealkylation sites (tertiary alicyclic amines) is 1. The van der Waals surface area contributed by atoms with Gasteiger partial charge in [-0.3, -0.25) is 4.79 Å². The van der Waals surface area contributed by atoms with Crippen molar-refractivity contribution in [2.45, 2.75) is 63.6 Å². The third-order valence-electron chi connectivity index (χ3n) is 6.72. The van der Waals surface area contributed by atoms with Gasteiger partial charge in [-0.2, -0.15) is 0 Å². The summed E-state index contributed by atoms with van der Waals surface area (Å²) in [4.78, 5) is 15.8. The van der Waals surface area contributed by atoms with Crippen molar-refractivity contribution in [3.05, 3.63) is 23.5 Å². The molecular weight excluding hydrogens is 385 g/mol. The number of anilines is 2. The smallest absolute Gasteiger partial charge is 0.211 e. The molecule has 0 aromatic heterocycles. The second-order valence-electron chi connectivity index (χ2n) is 8.55. The Labute approximate surface area is 179 Å². The monoisotopic (exact) mass is 421 g/mol. The lowest BCUT2D eigenvalue weighted by atomic mass is 9.90. The van der Waals surface area contributed by atoms with E-state index in [2.05, 4.69) is 15.1 Å². The number of hydrogen-bond donors (Lipinski definition) is 1. The highest BCUT2D eigenvalue weighted by molar-refractivity contribution is 5.82. The third kappa shape index (κ3) is 5.71. The Morgan fingerprint density at radius 3 is 2.50 bits per heavy atom. The zero-order chi connectivity index (χ0) is 21.5. The Kier molecular flexibility index (Phi) is 8.48. The number of aryl methyl sites for hydroxylation is 1. The number of rotatable bonds is 9. The molecule has 6 nitrogen and oxygen atoms in total. The summed E-state index contributed by atoms with van der Waals surface area (Å²) >= 11 is 0. The third-order valence-corrected chi connectivity index (χ3v) is 6.72. The number of nitrogens with one attached hydrogen (secondary N) is 1. The molecule has 0 atom stereocenters. The highest BCUT2D eigenvalue weighted by atomic mass is 19.1. The van der Waals surface area contributed by atoms with E-state index in [0.29, 0.717) is 49.1 Å². The molecule has 0 spiro atoms. The lowest BCUT2D eigenvalue weighted by molar-refractivity contribution is -0.105. The fourth-order valence-electron chi connectivity index (χ4n) is 4.85. The molecule has 0 bridgehead atoms. The maximum Gasteiger partial charge on any atom is 0.211 e. The molecule has 1 aromatic rings. The zero-order valence-electron chi connectivity index (χ0n) is 18.5. The first-order chi connectivity index (χ1) is 14.5. The van der Waals surface area contributed by atoms with Crippen molar-refractivity contribution in [2.24, 2.45) is 0 Å². The SMILES string of the molecule is COCCOC1CCC(N2CCC(N(C)c3cc(C)c(F)cc3NC=O)CC2)CC1. The van der Waals surface area contributed by atoms with Crippen LogP contribution in [0, 0.1) is 12.7 Å². The van der Waals surface area contributed by atoms with Crippen LogP contribution in [-0.2, 0) is 14.3 Å². The van der Waals surface area contributed by atoms with E-state index in [-0.39, 0.29) is 5.82 Å². The molecule has 3 rings (SSSR count). The van der Waals surface area contributed by atoms with Crippen molar-refractivity contribution in [3.8, 4) is 0 Å². The van der Waals surface area contributed by atoms with Gasteiger partial charge in [-0.1, -0.05) is 0 Å². The summed E-state index contributed by atoms with van der Waals surface area (Å²) in [7, 11) is 3.75. The molecule has 7 heteroatoms. The molecule has 0 radical (unpaired) electrons. The van der Waals surface area contributed by atoms with Gasteiger partial charge < -0.3 is 24.6 Å². The molecular formula is C23H36FN3O3. The molecule has 1 aromatic carbocycles. The quantitative estimate of drug-likeness (QED) is 0.488. The number of nitrogens with zero attached hydrogens (tertiary/aromatic N) is 2. The number of hydrogen-bond acceptors (Lipinski definition) is 5. The summed E-state index contributed by atoms with van der Waals surface area (Å²) in [5.74, 6) is -0.298. The van der Waals surface area contributed by atoms with Crippen LogP contribution < -0.4 is 10.2 Å². The van der Waals surface area contributed by atoms with Gasteiger partial charge in [-0.25, -0.2) is 4.39 Å². The molecule has 30 heavy (non-hydrogen) atoms. The largest absolute Gasteiger partial charge is 0.382 e. The van der Waals surface area contributed by atoms with E-state index in [1.807, 2.05) is 13.1 Å². The van der Waals surface area contributed by atoms with E-state index in [9.17, 15) is 9.18 Å². The average molecular weight is 422 g/mol. The van der Waals surface area contributed by atoms with Crippen LogP contribution >= 0.6 is 0 Å². The number of carbonyl (C=O) groups is 1. The molecule has 1 aliphatic carbocycles. The minimum absolute atomic E-state index is 0.298. The number of amides is 1. The lowest BCUT2D eigenvalue weighted by Gasteiger charge is -2.43. The molecule has 1 N–H and O–H groups in total. The van der Waals surface area contributed by atoms with Crippen LogP contribution in [0.3, 0.4) is 0 Å². The first-order valence-corrected chi connectivity index (χ1v) is 11.1. The van der Waals surface area contributed by atoms with E-state index < -0.39 is 0 Å². The van der Waals surface area contributed by atoms with E-state index in [4.69, 9.17) is 9.47 Å². The van der Waals surface area contributed by atoms with Gasteiger partial charge in [0.15, 0.2) is 0 Å². The number of carbonyl (C=O) groups excluding carboxylic acids is 1. The fourth-order valence-corrected chi connectivity index (χ4v) is 4.85. The van der Waals surface area contributed by atoms with Gasteiger partial charge >= 0.3 is 0 Å². The Balaban J connectivity index is 1.51. The van der Waals surface area contributed by atoms with Crippen LogP contribution in [0.4, 0.5) is 15.8 Å². The number of methoxy groups -OCH3 is 1. The Bertz CT molecular complexity index is 687. The minimum Gasteiger partial charge on any atom is -0.382 e. The number of ether oxygens (including phenoxy) is 2. The summed E-state index contributed by atoms with van der Waals surface area (Å²) in [6.45, 7) is 5.26. The van der Waals surface area contributed by atoms with Crippen LogP contribution in [0.2, 0.25) is 0 Å². The molecule has 0 unspecified atom stereocenters. The van der Waals surface area contributed by atoms with Crippen LogP contribution in [-0.4, -0.2) is 70.0 Å². The van der Waals surface area contributed by atoms with Crippen molar-refractivity contribution in [1.82, 2.24) is 4.90 Å². The zero-order valence-corrected chi connectivity index (χ0v) is 18.5. The summed E-state index contributed by atoms with van der Waals surface area (Å²) in [5, 5.41) is 2.65. The maximum absolute atomic E-state index is 14.0. The van der Waals surface area contributed by atoms with Gasteiger partial charge in [0.1, 0.15) is 5.82 Å². The number of benzene rings is 1. The van der Waals surface area contributed by atoms with Gasteiger partial charge in [0.25, 0.3) is 0 Å². The predicted octanol–water partition coefficient (Wildman–Crippen LogP) is 3.58. The van der Waals surface area contributed by atoms with Crippen molar-refractivity contribution in [1.29, 1.82) is 0 Å². The van der Waals surface area contributed by atoms with E-state index >= 15 is 0 Å². The van der Waals surface area contributed by atoms with Gasteiger partial charge in [0.05, 0.1) is 30.7 Å². The molecule has 2 fully saturated rings. The van der Waals surface area contributed by atoms with E-state index in [1.54, 1.807) is 14.0 Å². The van der Waals surface area contributed by atoms with Crippen LogP contribution in [0.5, 0.6) is 0 Å². The normalized spacial score (nSPS) is 23.3. The van der Waals surface area contributed by atoms with Crippen molar-refractivity contribution in [3.63, 3.8) is 0 Å². The molecule has 168 valence electrons. The number of piperidine rings is 1. The molecule has 2 aliphatic rings. The van der Waals surface area contributed by atoms with Gasteiger partial charge in [0, 0.05) is 39.3 Å². The highest BCUT2D eigenvalue weighted by Gasteiger charge is 2.31. The van der Waals surface area contributed by atoms with Gasteiger partial charge in [0.2, 0.25) is 6.41 Å². The number of halogens is 1. The molecule has 1 heterocycles. The summed E-state index contributed by atoms with van der Waals surface area (Å²) in [5.41, 5.74) is 2.01. The van der Waals surface area contributed by atoms with Gasteiger partial charge in [-0.15, -0.1) is 0 Å². The lowest BCUT2D eigenvalue weighted by Crippen LogP contribution is -2.48. The first kappa shape index (κ1) is 23.0. The predicted molar refractivity (Wildman–Crippen MR) is 118 cm³/mol. The Morgan fingerprint density at radius 1 is 1.17 bits per heavy atom. The van der Waals surface area contributed by atoms with Crippen molar-refractivity contribution in [2.75, 3.05) is 50.7 Å². The van der Waals surface area contributed by atoms with E-state index in [0.717, 1.165) is 44.5 Å². The van der Waals surface area contributed by atoms with Crippen molar-refractivity contribution >= 4 is 17.8 Å². The summed E-state index contributed by atoms with van der Waals surface area (Å²) in [6, 6.07) is 4.28. The molecule has 1 saturated heterocycles. The average Bonchev–Trinajstić information content (AvgIpc) is 2.77. The van der Waals surface area contributed by atoms with Crippen LogP contribution in [0.15, 0.2) is 12.1 Å². The minimum atomic E-state index is -0.298. The Hall–Kier alpha value is -1.70. The molecule has 1 aliphatic heterocycles. The fraction of sp³-hybridized carbons (Fsp3) is 0.696. The topological polar surface area (TPSA) is 54.0 Å². The van der Waals surface area contributed by atoms with Gasteiger partial charge in [-0.05, 0) is 63.1 Å². The first-order valence-electron chi connectivity index (χ1n) is 11.1. The van der Waals surface area contributed by atoms with E-state index in [1.165, 1.54) is 18.9 Å². The second kappa shape index (κ2) is 11.1. The van der Waals surface area contributed by atoms with Crippen LogP contribution in [0.1, 0.15) is 44.1 Å². The standard InChI is InChI=1S/C23H36FN3O3/c1-17-14-23(22(25-16-28)15-21(17)24)26(2)18-8-10-27(11-9-18)19-4-6-20(7-5-19)30-13-12-29-3/h14-16,18-20H,4-13H2,1-3H3,(H,25,28). The summed E-state index contributed by atoms with van der Waals surface area (Å²) < 4.78 is 24.9. The molecule has 1 amide bonds. The molecule has 1 saturated carbocycles. The second-order valence-corrected chi connectivity index (χ2v) is 8.55. The summed E-state index contributed by atoms with van der Waals surface area (Å²) in [6.07, 6.45) is 7.78. The van der Waals surface area contributed by atoms with Crippen LogP contribution in [0.25, 0.3) is 0 Å².